The van der Waals surface area contributed by atoms with Crippen molar-refractivity contribution in [1.29, 1.82) is 0 Å². The molecule has 0 saturated heterocycles. The lowest BCUT2D eigenvalue weighted by molar-refractivity contribution is 0.104. The Balaban J connectivity index is 2.36. The lowest BCUT2D eigenvalue weighted by atomic mass is 10.3. The maximum absolute atomic E-state index is 12.9. The molecule has 0 fully saturated rings. The van der Waals surface area contributed by atoms with Crippen LogP contribution in [0.2, 0.25) is 0 Å². The van der Waals surface area contributed by atoms with Crippen LogP contribution in [0.15, 0.2) is 22.7 Å². The highest BCUT2D eigenvalue weighted by Gasteiger charge is 2.07. The second-order valence-corrected chi connectivity index (χ2v) is 4.96. The molecule has 2 N–H and O–H groups in total. The fraction of sp³-hybridized carbons (Fsp3) is 0.500. The van der Waals surface area contributed by atoms with Gasteiger partial charge in [0.15, 0.2) is 0 Å². The number of aliphatic hydroxyl groups excluding tert-OH is 1. The molecular formula is C12H17BrFNO2. The van der Waals surface area contributed by atoms with Gasteiger partial charge < -0.3 is 15.2 Å². The molecule has 0 amide bonds. The van der Waals surface area contributed by atoms with E-state index in [2.05, 4.69) is 21.2 Å². The number of ether oxygens (including phenoxy) is 1. The van der Waals surface area contributed by atoms with Crippen LogP contribution in [0.25, 0.3) is 0 Å². The third-order valence-electron chi connectivity index (χ3n) is 2.10. The smallest absolute Gasteiger partial charge is 0.137 e. The summed E-state index contributed by atoms with van der Waals surface area (Å²) in [5.74, 6) is 0.196. The Morgan fingerprint density at radius 1 is 1.47 bits per heavy atom. The second-order valence-electron chi connectivity index (χ2n) is 4.10. The Kier molecular flexibility index (Phi) is 5.88. The minimum absolute atomic E-state index is 0.178. The van der Waals surface area contributed by atoms with E-state index in [9.17, 15) is 9.50 Å². The van der Waals surface area contributed by atoms with Gasteiger partial charge in [0.05, 0.1) is 4.47 Å². The van der Waals surface area contributed by atoms with E-state index in [0.29, 0.717) is 22.8 Å². The van der Waals surface area contributed by atoms with E-state index in [1.165, 1.54) is 18.2 Å². The molecule has 1 atom stereocenters. The maximum atomic E-state index is 12.9. The molecule has 0 aliphatic rings. The van der Waals surface area contributed by atoms with Crippen LogP contribution in [0.4, 0.5) is 4.39 Å². The zero-order valence-corrected chi connectivity index (χ0v) is 11.5. The van der Waals surface area contributed by atoms with Crippen LogP contribution in [0, 0.1) is 5.82 Å². The molecule has 17 heavy (non-hydrogen) atoms. The number of aliphatic hydroxyl groups is 1. The fourth-order valence-electron chi connectivity index (χ4n) is 1.19. The van der Waals surface area contributed by atoms with Gasteiger partial charge in [-0.25, -0.2) is 4.39 Å². The molecule has 0 heterocycles. The predicted molar refractivity (Wildman–Crippen MR) is 68.7 cm³/mol. The van der Waals surface area contributed by atoms with Crippen LogP contribution in [0.5, 0.6) is 5.75 Å². The highest BCUT2D eigenvalue weighted by Crippen LogP contribution is 2.21. The van der Waals surface area contributed by atoms with Gasteiger partial charge in [-0.3, -0.25) is 0 Å². The van der Waals surface area contributed by atoms with Crippen molar-refractivity contribution in [2.75, 3.05) is 13.2 Å². The summed E-state index contributed by atoms with van der Waals surface area (Å²) in [6.07, 6.45) is -0.582. The van der Waals surface area contributed by atoms with Gasteiger partial charge in [-0.05, 0) is 34.1 Å². The number of rotatable bonds is 6. The van der Waals surface area contributed by atoms with E-state index >= 15 is 0 Å². The molecule has 5 heteroatoms. The Morgan fingerprint density at radius 2 is 2.18 bits per heavy atom. The van der Waals surface area contributed by atoms with Gasteiger partial charge in [-0.2, -0.15) is 0 Å². The van der Waals surface area contributed by atoms with Crippen molar-refractivity contribution in [2.45, 2.75) is 26.0 Å². The van der Waals surface area contributed by atoms with Gasteiger partial charge in [0.2, 0.25) is 0 Å². The van der Waals surface area contributed by atoms with E-state index in [1.807, 2.05) is 13.8 Å². The summed E-state index contributed by atoms with van der Waals surface area (Å²) < 4.78 is 18.6. The van der Waals surface area contributed by atoms with Gasteiger partial charge >= 0.3 is 0 Å². The first-order valence-electron chi connectivity index (χ1n) is 5.48. The van der Waals surface area contributed by atoms with Crippen LogP contribution < -0.4 is 10.1 Å². The van der Waals surface area contributed by atoms with Crippen molar-refractivity contribution >= 4 is 15.9 Å². The monoisotopic (exact) mass is 305 g/mol. The second kappa shape index (κ2) is 6.93. The fourth-order valence-corrected chi connectivity index (χ4v) is 1.55. The highest BCUT2D eigenvalue weighted by atomic mass is 79.9. The number of hydrogen-bond donors (Lipinski definition) is 2. The molecule has 1 rings (SSSR count). The molecule has 0 aromatic heterocycles. The first kappa shape index (κ1) is 14.4. The zero-order chi connectivity index (χ0) is 12.8. The normalized spacial score (nSPS) is 12.8. The maximum Gasteiger partial charge on any atom is 0.137 e. The van der Waals surface area contributed by atoms with Crippen molar-refractivity contribution in [3.63, 3.8) is 0 Å². The Morgan fingerprint density at radius 3 is 2.76 bits per heavy atom. The predicted octanol–water partition coefficient (Wildman–Crippen LogP) is 2.33. The topological polar surface area (TPSA) is 41.5 Å². The van der Waals surface area contributed by atoms with Crippen molar-refractivity contribution in [1.82, 2.24) is 5.32 Å². The van der Waals surface area contributed by atoms with Crippen LogP contribution in [-0.4, -0.2) is 30.4 Å². The van der Waals surface area contributed by atoms with E-state index < -0.39 is 6.10 Å². The summed E-state index contributed by atoms with van der Waals surface area (Å²) in [4.78, 5) is 0. The van der Waals surface area contributed by atoms with Crippen molar-refractivity contribution in [3.8, 4) is 5.75 Å². The molecule has 0 spiro atoms. The van der Waals surface area contributed by atoms with Crippen molar-refractivity contribution < 1.29 is 14.2 Å². The molecule has 1 aromatic carbocycles. The summed E-state index contributed by atoms with van der Waals surface area (Å²) in [5, 5.41) is 12.7. The minimum Gasteiger partial charge on any atom is -0.491 e. The molecule has 1 aromatic rings. The van der Waals surface area contributed by atoms with E-state index in [0.717, 1.165) is 0 Å². The number of benzene rings is 1. The van der Waals surface area contributed by atoms with Crippen LogP contribution >= 0.6 is 15.9 Å². The van der Waals surface area contributed by atoms with Gasteiger partial charge in [0.1, 0.15) is 24.3 Å². The van der Waals surface area contributed by atoms with Crippen molar-refractivity contribution in [2.24, 2.45) is 0 Å². The first-order chi connectivity index (χ1) is 7.99. The van der Waals surface area contributed by atoms with E-state index in [-0.39, 0.29) is 12.4 Å². The Labute approximate surface area is 109 Å². The van der Waals surface area contributed by atoms with Gasteiger partial charge in [-0.1, -0.05) is 13.8 Å². The van der Waals surface area contributed by atoms with Gasteiger partial charge in [0.25, 0.3) is 0 Å². The Hall–Kier alpha value is -0.650. The molecule has 0 radical (unpaired) electrons. The summed E-state index contributed by atoms with van der Waals surface area (Å²) in [5.41, 5.74) is 0. The third kappa shape index (κ3) is 5.48. The zero-order valence-electron chi connectivity index (χ0n) is 9.91. The first-order valence-corrected chi connectivity index (χ1v) is 6.27. The average Bonchev–Trinajstić information content (AvgIpc) is 2.28. The third-order valence-corrected chi connectivity index (χ3v) is 2.70. The molecular weight excluding hydrogens is 289 g/mol. The summed E-state index contributed by atoms with van der Waals surface area (Å²) >= 11 is 3.07. The Bertz CT molecular complexity index is 360. The summed E-state index contributed by atoms with van der Waals surface area (Å²) in [6.45, 7) is 4.66. The molecule has 3 nitrogen and oxygen atoms in total. The summed E-state index contributed by atoms with van der Waals surface area (Å²) in [7, 11) is 0. The molecule has 96 valence electrons. The lowest BCUT2D eigenvalue weighted by Crippen LogP contribution is -2.35. The SMILES string of the molecule is CC(C)NCC(O)COc1ccc(F)c(Br)c1. The van der Waals surface area contributed by atoms with Crippen molar-refractivity contribution in [3.05, 3.63) is 28.5 Å². The lowest BCUT2D eigenvalue weighted by Gasteiger charge is -2.15. The molecule has 1 unspecified atom stereocenters. The average molecular weight is 306 g/mol. The summed E-state index contributed by atoms with van der Waals surface area (Å²) in [6, 6.07) is 4.71. The molecule has 0 aliphatic carbocycles. The largest absolute Gasteiger partial charge is 0.491 e. The molecule has 0 saturated carbocycles. The van der Waals surface area contributed by atoms with E-state index in [4.69, 9.17) is 4.74 Å². The molecule has 0 bridgehead atoms. The standard InChI is InChI=1S/C12H17BrFNO2/c1-8(2)15-6-9(16)7-17-10-3-4-12(14)11(13)5-10/h3-5,8-9,15-16H,6-7H2,1-2H3. The number of nitrogens with one attached hydrogen (secondary N) is 1. The number of hydrogen-bond acceptors (Lipinski definition) is 3. The molecule has 0 aliphatic heterocycles. The van der Waals surface area contributed by atoms with E-state index in [1.54, 1.807) is 0 Å². The minimum atomic E-state index is -0.582. The van der Waals surface area contributed by atoms with Gasteiger partial charge in [0, 0.05) is 12.6 Å². The highest BCUT2D eigenvalue weighted by molar-refractivity contribution is 9.10. The number of halogens is 2. The van der Waals surface area contributed by atoms with Crippen LogP contribution in [-0.2, 0) is 0 Å². The quantitative estimate of drug-likeness (QED) is 0.847. The van der Waals surface area contributed by atoms with Gasteiger partial charge in [-0.15, -0.1) is 0 Å². The van der Waals surface area contributed by atoms with Crippen LogP contribution in [0.3, 0.4) is 0 Å². The van der Waals surface area contributed by atoms with Crippen LogP contribution in [0.1, 0.15) is 13.8 Å².